The summed E-state index contributed by atoms with van der Waals surface area (Å²) in [6.45, 7) is 37.9. The van der Waals surface area contributed by atoms with Gasteiger partial charge in [0.25, 0.3) is 0 Å². The Morgan fingerprint density at radius 3 is 2.15 bits per heavy atom. The molecule has 0 unspecified atom stereocenters. The van der Waals surface area contributed by atoms with E-state index in [1.807, 2.05) is 12.1 Å². The van der Waals surface area contributed by atoms with E-state index in [0.29, 0.717) is 13.2 Å². The normalized spacial score (nSPS) is 13.5. The highest BCUT2D eigenvalue weighted by atomic mass is 16.5. The molecule has 0 atom stereocenters. The molecule has 60 heavy (non-hydrogen) atoms. The zero-order valence-electron chi connectivity index (χ0n) is 40.1. The molecule has 0 bridgehead atoms. The molecular weight excluding hydrogens is 743 g/mol. The highest BCUT2D eigenvalue weighted by molar-refractivity contribution is 5.78. The van der Waals surface area contributed by atoms with E-state index in [9.17, 15) is 0 Å². The molecule has 330 valence electrons. The predicted molar refractivity (Wildman–Crippen MR) is 252 cm³/mol. The molecule has 0 fully saturated rings. The molecule has 0 aliphatic heterocycles. The molecule has 0 spiro atoms. The van der Waals surface area contributed by atoms with Gasteiger partial charge in [0.2, 0.25) is 0 Å². The van der Waals surface area contributed by atoms with Gasteiger partial charge in [0, 0.05) is 47.6 Å². The molecule has 0 aliphatic rings. The quantitative estimate of drug-likeness (QED) is 0.0598. The van der Waals surface area contributed by atoms with E-state index in [0.717, 1.165) is 91.3 Å². The van der Waals surface area contributed by atoms with Gasteiger partial charge >= 0.3 is 0 Å². The molecule has 3 heterocycles. The summed E-state index contributed by atoms with van der Waals surface area (Å²) in [4.78, 5) is 7.58. The SMILES string of the molecule is CC(C)(CCC(C)(C)c1cn2cc(OCCCNC(C)(C)C)ccc2n1)Cc1ccc2cc(CCN(C(C)(C)C)C(C)(C)NCCOc3cccc(C(C)(C)C)c3)oc2c1. The summed E-state index contributed by atoms with van der Waals surface area (Å²) < 4.78 is 20.9. The van der Waals surface area contributed by atoms with Crippen molar-refractivity contribution < 1.29 is 13.9 Å². The van der Waals surface area contributed by atoms with Crippen molar-refractivity contribution in [1.82, 2.24) is 24.9 Å². The fourth-order valence-corrected chi connectivity index (χ4v) is 8.24. The van der Waals surface area contributed by atoms with Crippen LogP contribution in [0.4, 0.5) is 0 Å². The van der Waals surface area contributed by atoms with E-state index in [-0.39, 0.29) is 33.0 Å². The number of nitrogens with one attached hydrogen (secondary N) is 2. The molecule has 0 aliphatic carbocycles. The van der Waals surface area contributed by atoms with E-state index in [4.69, 9.17) is 18.9 Å². The molecule has 2 N–H and O–H groups in total. The Morgan fingerprint density at radius 1 is 0.717 bits per heavy atom. The van der Waals surface area contributed by atoms with Gasteiger partial charge in [-0.1, -0.05) is 72.7 Å². The summed E-state index contributed by atoms with van der Waals surface area (Å²) in [5, 5.41) is 8.47. The average molecular weight is 822 g/mol. The lowest BCUT2D eigenvalue weighted by atomic mass is 9.75. The number of imidazole rings is 1. The minimum atomic E-state index is -0.248. The summed E-state index contributed by atoms with van der Waals surface area (Å²) >= 11 is 0. The molecule has 8 nitrogen and oxygen atoms in total. The Kier molecular flexibility index (Phi) is 14.7. The van der Waals surface area contributed by atoms with E-state index >= 15 is 0 Å². The third-order valence-electron chi connectivity index (χ3n) is 11.8. The maximum atomic E-state index is 6.54. The van der Waals surface area contributed by atoms with Crippen molar-refractivity contribution in [1.29, 1.82) is 0 Å². The second kappa shape index (κ2) is 18.6. The number of furan rings is 1. The highest BCUT2D eigenvalue weighted by Gasteiger charge is 2.34. The van der Waals surface area contributed by atoms with E-state index < -0.39 is 0 Å². The summed E-state index contributed by atoms with van der Waals surface area (Å²) in [6, 6.07) is 21.6. The minimum Gasteiger partial charge on any atom is -0.492 e. The maximum absolute atomic E-state index is 6.54. The van der Waals surface area contributed by atoms with Gasteiger partial charge in [0.1, 0.15) is 35.1 Å². The average Bonchev–Trinajstić information content (AvgIpc) is 3.75. The number of pyridine rings is 1. The Labute approximate surface area is 363 Å². The van der Waals surface area contributed by atoms with Crippen LogP contribution in [-0.2, 0) is 23.7 Å². The zero-order valence-corrected chi connectivity index (χ0v) is 40.1. The maximum Gasteiger partial charge on any atom is 0.137 e. The number of ether oxygens (including phenoxy) is 2. The van der Waals surface area contributed by atoms with E-state index in [2.05, 4.69) is 185 Å². The molecule has 5 rings (SSSR count). The summed E-state index contributed by atoms with van der Waals surface area (Å²) in [5.41, 5.74) is 5.60. The van der Waals surface area contributed by atoms with Gasteiger partial charge in [-0.25, -0.2) is 4.98 Å². The fourth-order valence-electron chi connectivity index (χ4n) is 8.24. The number of nitrogens with zero attached hydrogens (tertiary/aromatic N) is 3. The van der Waals surface area contributed by atoms with Crippen LogP contribution >= 0.6 is 0 Å². The first kappa shape index (κ1) is 47.2. The van der Waals surface area contributed by atoms with Crippen LogP contribution in [0.25, 0.3) is 16.6 Å². The first-order chi connectivity index (χ1) is 27.8. The molecule has 3 aromatic heterocycles. The molecule has 0 saturated heterocycles. The van der Waals surface area contributed by atoms with Crippen molar-refractivity contribution >= 4 is 16.6 Å². The topological polar surface area (TPSA) is 76.2 Å². The predicted octanol–water partition coefficient (Wildman–Crippen LogP) is 11.9. The molecule has 0 amide bonds. The number of rotatable bonds is 20. The summed E-state index contributed by atoms with van der Waals surface area (Å²) in [6.07, 6.45) is 9.13. The molecule has 8 heteroatoms. The zero-order chi connectivity index (χ0) is 44.1. The van der Waals surface area contributed by atoms with Gasteiger partial charge in [-0.15, -0.1) is 0 Å². The fraction of sp³-hybridized carbons (Fsp3) is 0.596. The van der Waals surface area contributed by atoms with Crippen molar-refractivity contribution in [2.24, 2.45) is 5.41 Å². The number of hydrogen-bond acceptors (Lipinski definition) is 7. The monoisotopic (exact) mass is 822 g/mol. The lowest BCUT2D eigenvalue weighted by molar-refractivity contribution is 0.00311. The Balaban J connectivity index is 1.13. The second-order valence-electron chi connectivity index (χ2n) is 22.1. The van der Waals surface area contributed by atoms with E-state index in [1.165, 1.54) is 11.1 Å². The number of hydrogen-bond donors (Lipinski definition) is 2. The number of benzene rings is 2. The molecule has 2 aromatic carbocycles. The van der Waals surface area contributed by atoms with Gasteiger partial charge in [-0.05, 0) is 146 Å². The van der Waals surface area contributed by atoms with Gasteiger partial charge in [-0.3, -0.25) is 10.2 Å². The lowest BCUT2D eigenvalue weighted by Gasteiger charge is -2.47. The van der Waals surface area contributed by atoms with Crippen LogP contribution in [0.3, 0.4) is 0 Å². The molecule has 0 saturated carbocycles. The Hall–Kier alpha value is -3.85. The van der Waals surface area contributed by atoms with Crippen molar-refractivity contribution in [3.63, 3.8) is 0 Å². The first-order valence-electron chi connectivity index (χ1n) is 22.4. The van der Waals surface area contributed by atoms with Crippen molar-refractivity contribution in [2.75, 3.05) is 32.8 Å². The largest absolute Gasteiger partial charge is 0.492 e. The highest BCUT2D eigenvalue weighted by Crippen LogP contribution is 2.37. The summed E-state index contributed by atoms with van der Waals surface area (Å²) in [7, 11) is 0. The lowest BCUT2D eigenvalue weighted by Crippen LogP contribution is -2.62. The van der Waals surface area contributed by atoms with Crippen molar-refractivity contribution in [3.05, 3.63) is 95.6 Å². The Bertz CT molecular complexity index is 2140. The minimum absolute atomic E-state index is 0.0505. The van der Waals surface area contributed by atoms with Crippen molar-refractivity contribution in [2.45, 2.75) is 164 Å². The molecule has 5 aromatic rings. The van der Waals surface area contributed by atoms with Gasteiger partial charge in [-0.2, -0.15) is 0 Å². The van der Waals surface area contributed by atoms with Crippen LogP contribution < -0.4 is 20.1 Å². The second-order valence-corrected chi connectivity index (χ2v) is 22.1. The van der Waals surface area contributed by atoms with Gasteiger partial charge in [0.15, 0.2) is 0 Å². The van der Waals surface area contributed by atoms with Crippen LogP contribution in [0.5, 0.6) is 11.5 Å². The van der Waals surface area contributed by atoms with Crippen LogP contribution in [0.15, 0.2) is 77.5 Å². The van der Waals surface area contributed by atoms with Crippen molar-refractivity contribution in [3.8, 4) is 11.5 Å². The number of fused-ring (bicyclic) bond motifs is 2. The van der Waals surface area contributed by atoms with Crippen LogP contribution in [-0.4, -0.2) is 63.9 Å². The number of aromatic nitrogens is 2. The first-order valence-corrected chi connectivity index (χ1v) is 22.4. The van der Waals surface area contributed by atoms with Crippen LogP contribution in [0.2, 0.25) is 0 Å². The molecular formula is C52H79N5O3. The molecule has 0 radical (unpaired) electrons. The van der Waals surface area contributed by atoms with E-state index in [1.54, 1.807) is 0 Å². The van der Waals surface area contributed by atoms with Gasteiger partial charge < -0.3 is 23.6 Å². The standard InChI is InChI=1S/C52H79N5O3/c1-47(2,3)40-18-16-19-41(34-40)59-31-28-54-52(14,15)57(49(7,8)9)29-24-42-33-39-21-20-38(32-44(39)60-42)35-50(10,11)25-26-51(12,13)45-37-56-36-43(22-23-46(56)55-45)58-30-17-27-53-48(4,5)6/h16,18-23,32-34,36-37,53-54H,17,24-31,35H2,1-15H3. The third-order valence-corrected chi connectivity index (χ3v) is 11.8. The van der Waals surface area contributed by atoms with Crippen LogP contribution in [0, 0.1) is 5.41 Å². The smallest absolute Gasteiger partial charge is 0.137 e. The third kappa shape index (κ3) is 13.6. The van der Waals surface area contributed by atoms with Crippen LogP contribution in [0.1, 0.15) is 146 Å². The Morgan fingerprint density at radius 2 is 1.45 bits per heavy atom. The van der Waals surface area contributed by atoms with Gasteiger partial charge in [0.05, 0.1) is 24.2 Å². The summed E-state index contributed by atoms with van der Waals surface area (Å²) in [5.74, 6) is 2.82.